The molecule has 21 heavy (non-hydrogen) atoms. The van der Waals surface area contributed by atoms with Crippen LogP contribution in [-0.2, 0) is 11.3 Å². The van der Waals surface area contributed by atoms with E-state index < -0.39 is 0 Å². The Morgan fingerprint density at radius 2 is 1.81 bits per heavy atom. The summed E-state index contributed by atoms with van der Waals surface area (Å²) in [5.74, 6) is 2.10. The summed E-state index contributed by atoms with van der Waals surface area (Å²) in [4.78, 5) is 4.15. The Labute approximate surface area is 134 Å². The van der Waals surface area contributed by atoms with Gasteiger partial charge in [0.25, 0.3) is 0 Å². The summed E-state index contributed by atoms with van der Waals surface area (Å²) in [5, 5.41) is 6.39. The van der Waals surface area contributed by atoms with Crippen LogP contribution in [0, 0.1) is 0 Å². The fourth-order valence-electron chi connectivity index (χ4n) is 1.70. The Balaban J connectivity index is 2.69. The largest absolute Gasteiger partial charge is 0.493 e. The number of aliphatic imine (C=N–C) groups is 1. The molecule has 0 spiro atoms. The number of nitrogens with zero attached hydrogens (tertiary/aromatic N) is 1. The van der Waals surface area contributed by atoms with E-state index in [1.807, 2.05) is 12.1 Å². The molecule has 0 saturated heterocycles. The molecule has 0 atom stereocenters. The molecule has 0 heterocycles. The van der Waals surface area contributed by atoms with Crippen LogP contribution in [-0.4, -0.2) is 47.5 Å². The van der Waals surface area contributed by atoms with Gasteiger partial charge in [0.15, 0.2) is 17.5 Å². The Bertz CT molecular complexity index is 481. The second-order valence-electron chi connectivity index (χ2n) is 4.14. The zero-order chi connectivity index (χ0) is 15.7. The lowest BCUT2D eigenvalue weighted by Gasteiger charge is -2.14. The number of ether oxygens (including phenoxy) is 3. The molecule has 0 aliphatic carbocycles. The van der Waals surface area contributed by atoms with Gasteiger partial charge in [-0.1, -0.05) is 15.9 Å². The summed E-state index contributed by atoms with van der Waals surface area (Å²) in [7, 11) is 6.63. The van der Waals surface area contributed by atoms with Crippen LogP contribution in [0.25, 0.3) is 0 Å². The molecular weight excluding hydrogens is 338 g/mol. The van der Waals surface area contributed by atoms with E-state index >= 15 is 0 Å². The lowest BCUT2D eigenvalue weighted by atomic mass is 10.2. The monoisotopic (exact) mass is 359 g/mol. The number of hydrogen-bond acceptors (Lipinski definition) is 4. The fraction of sp³-hybridized carbons (Fsp3) is 0.500. The Hall–Kier alpha value is -1.47. The summed E-state index contributed by atoms with van der Waals surface area (Å²) < 4.78 is 16.5. The smallest absolute Gasteiger partial charge is 0.191 e. The van der Waals surface area contributed by atoms with Crippen molar-refractivity contribution in [2.75, 3.05) is 41.5 Å². The van der Waals surface area contributed by atoms with Gasteiger partial charge in [-0.2, -0.15) is 0 Å². The van der Waals surface area contributed by atoms with Crippen LogP contribution in [0.2, 0.25) is 0 Å². The maximum atomic E-state index is 5.31. The minimum atomic E-state index is 0.605. The summed E-state index contributed by atoms with van der Waals surface area (Å²) in [6.45, 7) is 1.93. The van der Waals surface area contributed by atoms with Crippen molar-refractivity contribution in [3.8, 4) is 11.5 Å². The molecule has 1 aromatic carbocycles. The highest BCUT2D eigenvalue weighted by molar-refractivity contribution is 9.10. The lowest BCUT2D eigenvalue weighted by molar-refractivity contribution is 0.203. The predicted molar refractivity (Wildman–Crippen MR) is 87.3 cm³/mol. The molecule has 0 unspecified atom stereocenters. The maximum Gasteiger partial charge on any atom is 0.191 e. The van der Waals surface area contributed by atoms with Gasteiger partial charge in [0.2, 0.25) is 0 Å². The number of halogens is 1. The highest BCUT2D eigenvalue weighted by Gasteiger charge is 2.10. The third-order valence-corrected chi connectivity index (χ3v) is 3.56. The molecule has 1 rings (SSSR count). The van der Waals surface area contributed by atoms with E-state index in [1.165, 1.54) is 0 Å². The van der Waals surface area contributed by atoms with Crippen LogP contribution >= 0.6 is 15.9 Å². The molecule has 0 bridgehead atoms. The number of methoxy groups -OCH3 is 3. The molecule has 0 fully saturated rings. The molecular formula is C14H22BrN3O3. The summed E-state index contributed by atoms with van der Waals surface area (Å²) in [5.41, 5.74) is 1.04. The van der Waals surface area contributed by atoms with Gasteiger partial charge in [-0.15, -0.1) is 0 Å². The van der Waals surface area contributed by atoms with Crippen LogP contribution in [0.3, 0.4) is 0 Å². The molecule has 0 aromatic heterocycles. The molecule has 1 aromatic rings. The average Bonchev–Trinajstić information content (AvgIpc) is 2.51. The van der Waals surface area contributed by atoms with E-state index in [2.05, 4.69) is 31.6 Å². The van der Waals surface area contributed by atoms with Crippen molar-refractivity contribution in [3.05, 3.63) is 22.2 Å². The van der Waals surface area contributed by atoms with Gasteiger partial charge >= 0.3 is 0 Å². The highest BCUT2D eigenvalue weighted by Crippen LogP contribution is 2.33. The number of benzene rings is 1. The minimum absolute atomic E-state index is 0.605. The summed E-state index contributed by atoms with van der Waals surface area (Å²) in [6, 6.07) is 3.81. The second kappa shape index (κ2) is 9.46. The Kier molecular flexibility index (Phi) is 7.92. The van der Waals surface area contributed by atoms with Crippen LogP contribution in [0.5, 0.6) is 11.5 Å². The molecule has 118 valence electrons. The molecule has 2 N–H and O–H groups in total. The van der Waals surface area contributed by atoms with Gasteiger partial charge in [-0.05, 0) is 17.7 Å². The van der Waals surface area contributed by atoms with Gasteiger partial charge in [-0.3, -0.25) is 4.99 Å². The van der Waals surface area contributed by atoms with Gasteiger partial charge in [-0.25, -0.2) is 0 Å². The van der Waals surface area contributed by atoms with E-state index in [9.17, 15) is 0 Å². The van der Waals surface area contributed by atoms with Crippen molar-refractivity contribution in [2.45, 2.75) is 6.54 Å². The van der Waals surface area contributed by atoms with E-state index in [-0.39, 0.29) is 0 Å². The maximum absolute atomic E-state index is 5.31. The van der Waals surface area contributed by atoms with E-state index in [0.29, 0.717) is 37.2 Å². The third-order valence-electron chi connectivity index (χ3n) is 2.82. The van der Waals surface area contributed by atoms with Crippen molar-refractivity contribution < 1.29 is 14.2 Å². The van der Waals surface area contributed by atoms with Crippen molar-refractivity contribution in [1.29, 1.82) is 0 Å². The first kappa shape index (κ1) is 17.6. The van der Waals surface area contributed by atoms with Crippen LogP contribution < -0.4 is 20.1 Å². The molecule has 7 heteroatoms. The van der Waals surface area contributed by atoms with Gasteiger partial charge < -0.3 is 24.8 Å². The van der Waals surface area contributed by atoms with E-state index in [4.69, 9.17) is 14.2 Å². The predicted octanol–water partition coefficient (Wildman–Crippen LogP) is 1.78. The van der Waals surface area contributed by atoms with E-state index in [0.717, 1.165) is 10.0 Å². The number of rotatable bonds is 7. The van der Waals surface area contributed by atoms with Gasteiger partial charge in [0, 0.05) is 31.7 Å². The van der Waals surface area contributed by atoms with Crippen molar-refractivity contribution in [2.24, 2.45) is 4.99 Å². The average molecular weight is 360 g/mol. The third kappa shape index (κ3) is 5.43. The molecule has 0 saturated carbocycles. The first-order valence-corrected chi connectivity index (χ1v) is 7.29. The Morgan fingerprint density at radius 3 is 2.38 bits per heavy atom. The quantitative estimate of drug-likeness (QED) is 0.441. The fourth-order valence-corrected chi connectivity index (χ4v) is 2.17. The normalized spacial score (nSPS) is 11.2. The van der Waals surface area contributed by atoms with Crippen molar-refractivity contribution in [3.63, 3.8) is 0 Å². The summed E-state index contributed by atoms with van der Waals surface area (Å²) in [6.07, 6.45) is 0. The SMILES string of the molecule is CN=C(NCCOC)NCc1cc(OC)c(OC)cc1Br. The molecule has 0 amide bonds. The van der Waals surface area contributed by atoms with Crippen LogP contribution in [0.4, 0.5) is 0 Å². The first-order chi connectivity index (χ1) is 10.2. The van der Waals surface area contributed by atoms with E-state index in [1.54, 1.807) is 28.4 Å². The first-order valence-electron chi connectivity index (χ1n) is 6.50. The topological polar surface area (TPSA) is 64.1 Å². The molecule has 0 radical (unpaired) electrons. The number of hydrogen-bond donors (Lipinski definition) is 2. The highest BCUT2D eigenvalue weighted by atomic mass is 79.9. The Morgan fingerprint density at radius 1 is 1.14 bits per heavy atom. The van der Waals surface area contributed by atoms with Crippen LogP contribution in [0.1, 0.15) is 5.56 Å². The zero-order valence-corrected chi connectivity index (χ0v) is 14.4. The number of nitrogens with one attached hydrogen (secondary N) is 2. The lowest BCUT2D eigenvalue weighted by Crippen LogP contribution is -2.38. The zero-order valence-electron chi connectivity index (χ0n) is 12.8. The van der Waals surface area contributed by atoms with Crippen LogP contribution in [0.15, 0.2) is 21.6 Å². The van der Waals surface area contributed by atoms with Crippen molar-refractivity contribution >= 4 is 21.9 Å². The number of guanidine groups is 1. The van der Waals surface area contributed by atoms with Gasteiger partial charge in [0.1, 0.15) is 0 Å². The molecule has 0 aliphatic rings. The van der Waals surface area contributed by atoms with Gasteiger partial charge in [0.05, 0.1) is 20.8 Å². The standard InChI is InChI=1S/C14H22BrN3O3/c1-16-14(17-5-6-19-2)18-9-10-7-12(20-3)13(21-4)8-11(10)15/h7-8H,5-6,9H2,1-4H3,(H2,16,17,18). The molecule has 6 nitrogen and oxygen atoms in total. The minimum Gasteiger partial charge on any atom is -0.493 e. The molecule has 0 aliphatic heterocycles. The summed E-state index contributed by atoms with van der Waals surface area (Å²) >= 11 is 3.53. The second-order valence-corrected chi connectivity index (χ2v) is 5.00. The van der Waals surface area contributed by atoms with Crippen molar-refractivity contribution in [1.82, 2.24) is 10.6 Å².